The molecule has 4 rings (SSSR count). The fraction of sp³-hybridized carbons (Fsp3) is 0.0909. The van der Waals surface area contributed by atoms with Gasteiger partial charge in [0, 0.05) is 6.07 Å². The van der Waals surface area contributed by atoms with Crippen LogP contribution in [0.1, 0.15) is 31.8 Å². The summed E-state index contributed by atoms with van der Waals surface area (Å²) >= 11 is 0. The summed E-state index contributed by atoms with van der Waals surface area (Å²) in [7, 11) is 0. The first-order valence-corrected chi connectivity index (χ1v) is 8.86. The van der Waals surface area contributed by atoms with Crippen molar-refractivity contribution in [1.29, 1.82) is 0 Å². The SMILES string of the molecule is O=C1c2cccc([N+](=O)[O-])c2C(=O)N1c1ccccc1CCc1ccccc1. The molecule has 28 heavy (non-hydrogen) atoms. The zero-order valence-electron chi connectivity index (χ0n) is 14.9. The summed E-state index contributed by atoms with van der Waals surface area (Å²) in [4.78, 5) is 37.6. The number of hydrogen-bond donors (Lipinski definition) is 0. The molecule has 0 N–H and O–H groups in total. The molecule has 1 heterocycles. The summed E-state index contributed by atoms with van der Waals surface area (Å²) in [6, 6.07) is 21.2. The number of fused-ring (bicyclic) bond motifs is 1. The van der Waals surface area contributed by atoms with Crippen LogP contribution in [0.3, 0.4) is 0 Å². The van der Waals surface area contributed by atoms with Crippen LogP contribution in [0.5, 0.6) is 0 Å². The Morgan fingerprint density at radius 1 is 0.786 bits per heavy atom. The molecule has 0 aliphatic carbocycles. The number of rotatable bonds is 5. The lowest BCUT2D eigenvalue weighted by Gasteiger charge is -2.18. The number of nitro groups is 1. The van der Waals surface area contributed by atoms with Crippen LogP contribution in [-0.4, -0.2) is 16.7 Å². The normalized spacial score (nSPS) is 12.9. The van der Waals surface area contributed by atoms with Crippen LogP contribution in [-0.2, 0) is 12.8 Å². The molecule has 0 aromatic heterocycles. The first kappa shape index (κ1) is 17.6. The van der Waals surface area contributed by atoms with E-state index in [1.54, 1.807) is 12.1 Å². The maximum absolute atomic E-state index is 13.0. The highest BCUT2D eigenvalue weighted by molar-refractivity contribution is 6.35. The third kappa shape index (κ3) is 2.95. The fourth-order valence-corrected chi connectivity index (χ4v) is 3.50. The molecule has 1 aliphatic rings. The standard InChI is InChI=1S/C22H16N2O4/c25-21-17-10-6-12-19(24(27)28)20(17)22(26)23(21)18-11-5-4-9-16(18)14-13-15-7-2-1-3-8-15/h1-12H,13-14H2. The smallest absolute Gasteiger partial charge is 0.268 e. The monoisotopic (exact) mass is 372 g/mol. The van der Waals surface area contributed by atoms with Gasteiger partial charge >= 0.3 is 0 Å². The van der Waals surface area contributed by atoms with Crippen molar-refractivity contribution < 1.29 is 14.5 Å². The average molecular weight is 372 g/mol. The molecule has 0 spiro atoms. The largest absolute Gasteiger partial charge is 0.283 e. The minimum Gasteiger partial charge on any atom is -0.268 e. The number of benzene rings is 3. The predicted octanol–water partition coefficient (Wildman–Crippen LogP) is 4.18. The Bertz CT molecular complexity index is 1090. The van der Waals surface area contributed by atoms with Gasteiger partial charge in [0.2, 0.25) is 0 Å². The van der Waals surface area contributed by atoms with Gasteiger partial charge in [-0.15, -0.1) is 0 Å². The zero-order valence-corrected chi connectivity index (χ0v) is 14.9. The van der Waals surface area contributed by atoms with Gasteiger partial charge < -0.3 is 0 Å². The Balaban J connectivity index is 1.71. The number of para-hydroxylation sites is 1. The van der Waals surface area contributed by atoms with Crippen LogP contribution in [0.2, 0.25) is 0 Å². The first-order chi connectivity index (χ1) is 13.6. The number of nitro benzene ring substituents is 1. The van der Waals surface area contributed by atoms with Crippen LogP contribution < -0.4 is 4.90 Å². The minimum absolute atomic E-state index is 0.0667. The van der Waals surface area contributed by atoms with Gasteiger partial charge in [-0.1, -0.05) is 54.6 Å². The van der Waals surface area contributed by atoms with E-state index < -0.39 is 16.7 Å². The second kappa shape index (κ2) is 7.08. The van der Waals surface area contributed by atoms with Gasteiger partial charge in [0.25, 0.3) is 17.5 Å². The number of carbonyl (C=O) groups excluding carboxylic acids is 2. The van der Waals surface area contributed by atoms with Gasteiger partial charge in [0.05, 0.1) is 16.2 Å². The number of aryl methyl sites for hydroxylation is 2. The highest BCUT2D eigenvalue weighted by Crippen LogP contribution is 2.35. The van der Waals surface area contributed by atoms with Crippen LogP contribution in [0, 0.1) is 10.1 Å². The molecule has 6 nitrogen and oxygen atoms in total. The first-order valence-electron chi connectivity index (χ1n) is 8.86. The number of imide groups is 1. The van der Waals surface area contributed by atoms with E-state index in [0.717, 1.165) is 22.4 Å². The maximum Gasteiger partial charge on any atom is 0.283 e. The Morgan fingerprint density at radius 2 is 1.50 bits per heavy atom. The number of carbonyl (C=O) groups is 2. The van der Waals surface area contributed by atoms with Crippen molar-refractivity contribution in [3.63, 3.8) is 0 Å². The summed E-state index contributed by atoms with van der Waals surface area (Å²) in [5.74, 6) is -1.18. The van der Waals surface area contributed by atoms with Gasteiger partial charge in [-0.2, -0.15) is 0 Å². The van der Waals surface area contributed by atoms with Crippen molar-refractivity contribution >= 4 is 23.2 Å². The molecule has 0 atom stereocenters. The summed E-state index contributed by atoms with van der Waals surface area (Å²) in [6.07, 6.45) is 1.39. The molecule has 0 saturated heterocycles. The van der Waals surface area contributed by atoms with E-state index in [9.17, 15) is 19.7 Å². The van der Waals surface area contributed by atoms with Crippen molar-refractivity contribution in [2.75, 3.05) is 4.90 Å². The molecule has 6 heteroatoms. The Kier molecular flexibility index (Phi) is 4.45. The maximum atomic E-state index is 13.0. The van der Waals surface area contributed by atoms with Crippen molar-refractivity contribution in [3.8, 4) is 0 Å². The quantitative estimate of drug-likeness (QED) is 0.382. The summed E-state index contributed by atoms with van der Waals surface area (Å²) in [6.45, 7) is 0. The topological polar surface area (TPSA) is 80.5 Å². The molecule has 138 valence electrons. The van der Waals surface area contributed by atoms with Gasteiger partial charge in [-0.25, -0.2) is 4.90 Å². The molecule has 0 fully saturated rings. The van der Waals surface area contributed by atoms with Crippen molar-refractivity contribution in [2.24, 2.45) is 0 Å². The zero-order chi connectivity index (χ0) is 19.7. The van der Waals surface area contributed by atoms with Gasteiger partial charge in [-0.3, -0.25) is 19.7 Å². The predicted molar refractivity (Wildman–Crippen MR) is 105 cm³/mol. The van der Waals surface area contributed by atoms with E-state index in [-0.39, 0.29) is 16.8 Å². The molecule has 2 amide bonds. The fourth-order valence-electron chi connectivity index (χ4n) is 3.50. The van der Waals surface area contributed by atoms with E-state index >= 15 is 0 Å². The molecular formula is C22H16N2O4. The van der Waals surface area contributed by atoms with E-state index in [1.165, 1.54) is 18.2 Å². The molecule has 0 bridgehead atoms. The molecule has 0 radical (unpaired) electrons. The summed E-state index contributed by atoms with van der Waals surface area (Å²) in [5, 5.41) is 11.3. The van der Waals surface area contributed by atoms with Crippen molar-refractivity contribution in [3.05, 3.63) is 105 Å². The lowest BCUT2D eigenvalue weighted by Crippen LogP contribution is -2.30. The van der Waals surface area contributed by atoms with Crippen molar-refractivity contribution in [2.45, 2.75) is 12.8 Å². The minimum atomic E-state index is -0.653. The summed E-state index contributed by atoms with van der Waals surface area (Å²) < 4.78 is 0. The highest BCUT2D eigenvalue weighted by Gasteiger charge is 2.42. The van der Waals surface area contributed by atoms with Gasteiger partial charge in [-0.05, 0) is 36.1 Å². The molecule has 3 aromatic carbocycles. The van der Waals surface area contributed by atoms with E-state index in [2.05, 4.69) is 0 Å². The molecule has 0 unspecified atom stereocenters. The van der Waals surface area contributed by atoms with E-state index in [4.69, 9.17) is 0 Å². The number of anilines is 1. The lowest BCUT2D eigenvalue weighted by molar-refractivity contribution is -0.385. The molecule has 1 aliphatic heterocycles. The second-order valence-corrected chi connectivity index (χ2v) is 6.52. The molecular weight excluding hydrogens is 356 g/mol. The van der Waals surface area contributed by atoms with Gasteiger partial charge in [0.1, 0.15) is 5.56 Å². The number of nitrogens with zero attached hydrogens (tertiary/aromatic N) is 2. The van der Waals surface area contributed by atoms with Crippen molar-refractivity contribution in [1.82, 2.24) is 0 Å². The Labute approximate surface area is 161 Å². The number of amides is 2. The number of hydrogen-bond acceptors (Lipinski definition) is 4. The Morgan fingerprint density at radius 3 is 2.25 bits per heavy atom. The average Bonchev–Trinajstić information content (AvgIpc) is 2.98. The van der Waals surface area contributed by atoms with E-state index in [1.807, 2.05) is 42.5 Å². The molecule has 3 aromatic rings. The molecule has 0 saturated carbocycles. The lowest BCUT2D eigenvalue weighted by atomic mass is 10.0. The van der Waals surface area contributed by atoms with Gasteiger partial charge in [0.15, 0.2) is 0 Å². The van der Waals surface area contributed by atoms with Crippen LogP contribution in [0.15, 0.2) is 72.8 Å². The highest BCUT2D eigenvalue weighted by atomic mass is 16.6. The van der Waals surface area contributed by atoms with Crippen LogP contribution in [0.4, 0.5) is 11.4 Å². The van der Waals surface area contributed by atoms with E-state index in [0.29, 0.717) is 12.1 Å². The summed E-state index contributed by atoms with van der Waals surface area (Å²) in [5.41, 5.74) is 2.03. The third-order valence-electron chi connectivity index (χ3n) is 4.85. The van der Waals surface area contributed by atoms with Crippen LogP contribution in [0.25, 0.3) is 0 Å². The second-order valence-electron chi connectivity index (χ2n) is 6.52. The Hall–Kier alpha value is -3.80. The van der Waals surface area contributed by atoms with Crippen LogP contribution >= 0.6 is 0 Å². The third-order valence-corrected chi connectivity index (χ3v) is 4.85.